The van der Waals surface area contributed by atoms with E-state index in [0.717, 1.165) is 27.7 Å². The predicted octanol–water partition coefficient (Wildman–Crippen LogP) is 5.39. The topological polar surface area (TPSA) is 77.6 Å². The number of nitrogens with one attached hydrogen (secondary N) is 1. The molecule has 2 aromatic carbocycles. The van der Waals surface area contributed by atoms with Gasteiger partial charge in [-0.2, -0.15) is 10.2 Å². The second-order valence-electron chi connectivity index (χ2n) is 8.15. The summed E-state index contributed by atoms with van der Waals surface area (Å²) in [5, 5.41) is 13.3. The Hall–Kier alpha value is -3.69. The van der Waals surface area contributed by atoms with Crippen molar-refractivity contribution in [3.8, 4) is 17.1 Å². The second kappa shape index (κ2) is 8.51. The fraction of sp³-hybridized carbons (Fsp3) is 0.120. The summed E-state index contributed by atoms with van der Waals surface area (Å²) in [6.07, 6.45) is 3.48. The molecule has 6 rings (SSSR count). The molecule has 1 unspecified atom stereocenters. The number of halogens is 2. The van der Waals surface area contributed by atoms with Gasteiger partial charge in [0.2, 0.25) is 5.91 Å². The Morgan fingerprint density at radius 2 is 2.00 bits per heavy atom. The van der Waals surface area contributed by atoms with Gasteiger partial charge in [-0.1, -0.05) is 17.7 Å². The molecule has 0 bridgehead atoms. The van der Waals surface area contributed by atoms with Gasteiger partial charge in [0.25, 0.3) is 0 Å². The van der Waals surface area contributed by atoms with Crippen LogP contribution >= 0.6 is 23.4 Å². The molecule has 3 aromatic heterocycles. The molecule has 174 valence electrons. The van der Waals surface area contributed by atoms with E-state index in [9.17, 15) is 9.18 Å². The quantitative estimate of drug-likeness (QED) is 0.356. The summed E-state index contributed by atoms with van der Waals surface area (Å²) in [6.45, 7) is 0. The van der Waals surface area contributed by atoms with Crippen LogP contribution in [0, 0.1) is 5.82 Å². The fourth-order valence-electron chi connectivity index (χ4n) is 4.34. The normalized spacial score (nSPS) is 15.6. The number of aromatic nitrogens is 5. The number of rotatable bonds is 3. The highest BCUT2D eigenvalue weighted by Gasteiger charge is 2.33. The maximum Gasteiger partial charge on any atom is 0.235 e. The number of carbonyl (C=O) groups is 1. The number of fused-ring (bicyclic) bond motifs is 2. The van der Waals surface area contributed by atoms with Crippen LogP contribution < -0.4 is 5.32 Å². The Kier molecular flexibility index (Phi) is 5.31. The molecule has 10 heteroatoms. The van der Waals surface area contributed by atoms with E-state index in [2.05, 4.69) is 15.4 Å². The Bertz CT molecular complexity index is 1580. The summed E-state index contributed by atoms with van der Waals surface area (Å²) in [5.74, 6) is 0.485. The number of hydrogen-bond acceptors (Lipinski definition) is 5. The zero-order valence-electron chi connectivity index (χ0n) is 18.4. The second-order valence-corrected chi connectivity index (χ2v) is 9.65. The zero-order valence-corrected chi connectivity index (χ0v) is 20.0. The van der Waals surface area contributed by atoms with Crippen molar-refractivity contribution in [2.75, 3.05) is 11.1 Å². The number of hydrogen-bond donors (Lipinski definition) is 1. The number of pyridine rings is 1. The molecule has 0 spiro atoms. The summed E-state index contributed by atoms with van der Waals surface area (Å²) >= 11 is 8.37. The molecular weight excluding hydrogens is 487 g/mol. The number of nitrogens with zero attached hydrogens (tertiary/aromatic N) is 5. The smallest absolute Gasteiger partial charge is 0.235 e. The first-order valence-electron chi connectivity index (χ1n) is 10.8. The molecule has 0 fully saturated rings. The van der Waals surface area contributed by atoms with Crippen LogP contribution in [0.25, 0.3) is 28.0 Å². The summed E-state index contributed by atoms with van der Waals surface area (Å²) in [5.41, 5.74) is 4.65. The molecular formula is C25H18ClFN6OS. The highest BCUT2D eigenvalue weighted by Crippen LogP contribution is 2.48. The van der Waals surface area contributed by atoms with Crippen LogP contribution in [-0.4, -0.2) is 36.2 Å². The highest BCUT2D eigenvalue weighted by molar-refractivity contribution is 8.00. The van der Waals surface area contributed by atoms with Crippen LogP contribution in [0.3, 0.4) is 0 Å². The van der Waals surface area contributed by atoms with E-state index in [-0.39, 0.29) is 22.7 Å². The first-order valence-corrected chi connectivity index (χ1v) is 12.2. The first kappa shape index (κ1) is 21.8. The number of aryl methyl sites for hydroxylation is 1. The third-order valence-electron chi connectivity index (χ3n) is 5.93. The molecule has 0 saturated heterocycles. The van der Waals surface area contributed by atoms with Gasteiger partial charge in [-0.25, -0.2) is 9.07 Å². The zero-order chi connectivity index (χ0) is 24.1. The molecule has 4 heterocycles. The Morgan fingerprint density at radius 3 is 2.77 bits per heavy atom. The van der Waals surface area contributed by atoms with Gasteiger partial charge in [-0.15, -0.1) is 11.8 Å². The minimum absolute atomic E-state index is 0.101. The van der Waals surface area contributed by atoms with Gasteiger partial charge in [0, 0.05) is 29.2 Å². The lowest BCUT2D eigenvalue weighted by molar-refractivity contribution is -0.113. The molecule has 1 N–H and O–H groups in total. The largest absolute Gasteiger partial charge is 0.310 e. The van der Waals surface area contributed by atoms with Gasteiger partial charge < -0.3 is 5.32 Å². The van der Waals surface area contributed by atoms with Crippen LogP contribution in [0.15, 0.2) is 67.0 Å². The third kappa shape index (κ3) is 3.77. The molecule has 1 aliphatic heterocycles. The van der Waals surface area contributed by atoms with Gasteiger partial charge in [-0.3, -0.25) is 14.5 Å². The molecule has 0 saturated carbocycles. The molecule has 1 aliphatic rings. The molecule has 5 aromatic rings. The third-order valence-corrected chi connectivity index (χ3v) is 7.51. The minimum Gasteiger partial charge on any atom is -0.310 e. The molecule has 0 radical (unpaired) electrons. The van der Waals surface area contributed by atoms with Crippen molar-refractivity contribution in [3.05, 3.63) is 89.0 Å². The summed E-state index contributed by atoms with van der Waals surface area (Å²) in [6, 6.07) is 15.6. The van der Waals surface area contributed by atoms with Crippen molar-refractivity contribution in [1.29, 1.82) is 0 Å². The lowest BCUT2D eigenvalue weighted by atomic mass is 10.0. The van der Waals surface area contributed by atoms with Crippen LogP contribution in [0.1, 0.15) is 16.4 Å². The van der Waals surface area contributed by atoms with E-state index in [1.165, 1.54) is 23.9 Å². The Labute approximate surface area is 208 Å². The van der Waals surface area contributed by atoms with Crippen molar-refractivity contribution in [3.63, 3.8) is 0 Å². The van der Waals surface area contributed by atoms with Gasteiger partial charge in [0.15, 0.2) is 0 Å². The first-order chi connectivity index (χ1) is 17.0. The standard InChI is InChI=1S/C25H18ClFN6OS/c1-32-25-22(23(31-32)19-4-2-3-9-28-19)24(35-13-21(34)30-25)17-10-14-12-29-33(20(14)11-18(17)26)16-7-5-15(27)6-8-16/h2-12,24H,13H2,1H3,(H,30,34). The average Bonchev–Trinajstić information content (AvgIpc) is 3.35. The summed E-state index contributed by atoms with van der Waals surface area (Å²) in [7, 11) is 1.80. The lowest BCUT2D eigenvalue weighted by Gasteiger charge is -2.18. The van der Waals surface area contributed by atoms with Crippen molar-refractivity contribution >= 4 is 46.0 Å². The van der Waals surface area contributed by atoms with Crippen molar-refractivity contribution in [2.45, 2.75) is 5.25 Å². The van der Waals surface area contributed by atoms with E-state index in [4.69, 9.17) is 16.7 Å². The van der Waals surface area contributed by atoms with E-state index < -0.39 is 0 Å². The molecule has 0 aliphatic carbocycles. The van der Waals surface area contributed by atoms with Gasteiger partial charge in [0.1, 0.15) is 17.3 Å². The maximum absolute atomic E-state index is 13.4. The summed E-state index contributed by atoms with van der Waals surface area (Å²) in [4.78, 5) is 17.0. The SMILES string of the molecule is Cn1nc(-c2ccccn2)c2c1NC(=O)CSC2c1cc2cnn(-c3ccc(F)cc3)c2cc1Cl. The number of amides is 1. The number of anilines is 1. The van der Waals surface area contributed by atoms with Crippen LogP contribution in [-0.2, 0) is 11.8 Å². The average molecular weight is 505 g/mol. The van der Waals surface area contributed by atoms with E-state index in [0.29, 0.717) is 22.2 Å². The van der Waals surface area contributed by atoms with Crippen LogP contribution in [0.5, 0.6) is 0 Å². The van der Waals surface area contributed by atoms with Crippen molar-refractivity contribution in [2.24, 2.45) is 7.05 Å². The lowest BCUT2D eigenvalue weighted by Crippen LogP contribution is -2.15. The maximum atomic E-state index is 13.4. The van der Waals surface area contributed by atoms with Crippen molar-refractivity contribution in [1.82, 2.24) is 24.5 Å². The number of thioether (sulfide) groups is 1. The Balaban J connectivity index is 1.52. The fourth-order valence-corrected chi connectivity index (χ4v) is 5.83. The van der Waals surface area contributed by atoms with E-state index in [1.54, 1.807) is 40.9 Å². The molecule has 1 atom stereocenters. The summed E-state index contributed by atoms with van der Waals surface area (Å²) < 4.78 is 16.8. The van der Waals surface area contributed by atoms with Gasteiger partial charge >= 0.3 is 0 Å². The highest BCUT2D eigenvalue weighted by atomic mass is 35.5. The molecule has 35 heavy (non-hydrogen) atoms. The molecule has 7 nitrogen and oxygen atoms in total. The monoisotopic (exact) mass is 504 g/mol. The van der Waals surface area contributed by atoms with E-state index in [1.807, 2.05) is 30.3 Å². The minimum atomic E-state index is -0.310. The number of benzene rings is 2. The van der Waals surface area contributed by atoms with Crippen molar-refractivity contribution < 1.29 is 9.18 Å². The molecule has 1 amide bonds. The van der Waals surface area contributed by atoms with Gasteiger partial charge in [0.05, 0.1) is 34.1 Å². The number of carbonyl (C=O) groups excluding carboxylic acids is 1. The predicted molar refractivity (Wildman–Crippen MR) is 135 cm³/mol. The van der Waals surface area contributed by atoms with Crippen LogP contribution in [0.4, 0.5) is 10.2 Å². The van der Waals surface area contributed by atoms with E-state index >= 15 is 0 Å². The van der Waals surface area contributed by atoms with Gasteiger partial charge in [-0.05, 0) is 54.1 Å². The Morgan fingerprint density at radius 1 is 1.17 bits per heavy atom. The van der Waals surface area contributed by atoms with Crippen LogP contribution in [0.2, 0.25) is 5.02 Å².